The lowest BCUT2D eigenvalue weighted by Crippen LogP contribution is -2.19. The second kappa shape index (κ2) is 7.00. The van der Waals surface area contributed by atoms with Crippen molar-refractivity contribution in [2.45, 2.75) is 19.4 Å². The minimum absolute atomic E-state index is 0.0165. The summed E-state index contributed by atoms with van der Waals surface area (Å²) < 4.78 is 6.85. The Hall–Kier alpha value is -3.42. The van der Waals surface area contributed by atoms with E-state index in [1.807, 2.05) is 0 Å². The number of aromatic nitrogens is 3. The highest BCUT2D eigenvalue weighted by Gasteiger charge is 2.14. The number of nitrogen functional groups attached to an aromatic ring is 1. The molecule has 0 fully saturated rings. The highest BCUT2D eigenvalue weighted by Crippen LogP contribution is 2.29. The summed E-state index contributed by atoms with van der Waals surface area (Å²) >= 11 is 0. The fourth-order valence-electron chi connectivity index (χ4n) is 2.47. The van der Waals surface area contributed by atoms with Crippen LogP contribution in [0.3, 0.4) is 0 Å². The quantitative estimate of drug-likeness (QED) is 0.703. The zero-order chi connectivity index (χ0) is 17.8. The number of pyridine rings is 1. The number of furan rings is 1. The van der Waals surface area contributed by atoms with Crippen molar-refractivity contribution >= 4 is 11.9 Å². The van der Waals surface area contributed by atoms with Crippen LogP contribution in [0.4, 0.5) is 5.95 Å². The summed E-state index contributed by atoms with van der Waals surface area (Å²) in [5.74, 6) is -0.251. The van der Waals surface area contributed by atoms with Gasteiger partial charge in [-0.1, -0.05) is 0 Å². The SMILES string of the molecule is Nc1ncc(-c2ccn(CCCC(=O)O)c(=O)c2)c(-c2ccco2)n1. The van der Waals surface area contributed by atoms with Crippen LogP contribution in [-0.4, -0.2) is 25.6 Å². The highest BCUT2D eigenvalue weighted by atomic mass is 16.4. The van der Waals surface area contributed by atoms with Crippen LogP contribution in [0.5, 0.6) is 0 Å². The molecule has 0 aliphatic heterocycles. The first-order valence-electron chi connectivity index (χ1n) is 7.63. The number of anilines is 1. The van der Waals surface area contributed by atoms with Gasteiger partial charge in [-0.25, -0.2) is 9.97 Å². The number of carboxylic acids is 1. The van der Waals surface area contributed by atoms with E-state index in [9.17, 15) is 9.59 Å². The Morgan fingerprint density at radius 1 is 1.36 bits per heavy atom. The molecular formula is C17H16N4O4. The second-order valence-corrected chi connectivity index (χ2v) is 5.41. The van der Waals surface area contributed by atoms with Gasteiger partial charge in [-0.05, 0) is 30.2 Å². The van der Waals surface area contributed by atoms with Crippen molar-refractivity contribution in [1.82, 2.24) is 14.5 Å². The van der Waals surface area contributed by atoms with E-state index in [2.05, 4.69) is 9.97 Å². The van der Waals surface area contributed by atoms with Crippen molar-refractivity contribution in [1.29, 1.82) is 0 Å². The summed E-state index contributed by atoms with van der Waals surface area (Å²) in [5.41, 5.74) is 7.19. The van der Waals surface area contributed by atoms with Crippen LogP contribution in [-0.2, 0) is 11.3 Å². The van der Waals surface area contributed by atoms with Gasteiger partial charge < -0.3 is 19.8 Å². The molecule has 3 aromatic rings. The molecule has 8 heteroatoms. The number of nitrogens with zero attached hydrogens (tertiary/aromatic N) is 3. The molecule has 0 saturated carbocycles. The third kappa shape index (κ3) is 3.74. The molecule has 128 valence electrons. The molecule has 3 rings (SSSR count). The topological polar surface area (TPSA) is 124 Å². The first kappa shape index (κ1) is 16.4. The normalized spacial score (nSPS) is 10.7. The summed E-state index contributed by atoms with van der Waals surface area (Å²) in [4.78, 5) is 31.1. The van der Waals surface area contributed by atoms with Crippen LogP contribution in [0, 0.1) is 0 Å². The van der Waals surface area contributed by atoms with Crippen molar-refractivity contribution in [2.75, 3.05) is 5.73 Å². The Bertz CT molecular complexity index is 948. The van der Waals surface area contributed by atoms with E-state index < -0.39 is 5.97 Å². The Labute approximate surface area is 142 Å². The average molecular weight is 340 g/mol. The van der Waals surface area contributed by atoms with Gasteiger partial charge in [0.1, 0.15) is 5.69 Å². The summed E-state index contributed by atoms with van der Waals surface area (Å²) in [6.45, 7) is 0.342. The van der Waals surface area contributed by atoms with E-state index in [-0.39, 0.29) is 17.9 Å². The first-order valence-corrected chi connectivity index (χ1v) is 7.63. The summed E-state index contributed by atoms with van der Waals surface area (Å²) in [6.07, 6.45) is 5.10. The molecule has 0 spiro atoms. The number of aryl methyl sites for hydroxylation is 1. The molecule has 0 bridgehead atoms. The van der Waals surface area contributed by atoms with Crippen LogP contribution in [0.1, 0.15) is 12.8 Å². The number of aliphatic carboxylic acids is 1. The summed E-state index contributed by atoms with van der Waals surface area (Å²) in [6, 6.07) is 6.70. The van der Waals surface area contributed by atoms with E-state index in [4.69, 9.17) is 15.3 Å². The Morgan fingerprint density at radius 2 is 2.20 bits per heavy atom. The zero-order valence-corrected chi connectivity index (χ0v) is 13.3. The van der Waals surface area contributed by atoms with Crippen molar-refractivity contribution in [2.24, 2.45) is 0 Å². The van der Waals surface area contributed by atoms with Crippen LogP contribution in [0.15, 0.2) is 52.1 Å². The van der Waals surface area contributed by atoms with E-state index >= 15 is 0 Å². The van der Waals surface area contributed by atoms with Crippen LogP contribution < -0.4 is 11.3 Å². The van der Waals surface area contributed by atoms with E-state index in [1.165, 1.54) is 16.9 Å². The molecule has 0 amide bonds. The highest BCUT2D eigenvalue weighted by molar-refractivity contribution is 5.78. The van der Waals surface area contributed by atoms with Gasteiger partial charge in [-0.3, -0.25) is 9.59 Å². The maximum Gasteiger partial charge on any atom is 0.303 e. The molecule has 0 aliphatic carbocycles. The number of carbonyl (C=O) groups is 1. The molecule has 0 aliphatic rings. The van der Waals surface area contributed by atoms with Gasteiger partial charge >= 0.3 is 5.97 Å². The molecule has 0 aromatic carbocycles. The Balaban J connectivity index is 1.94. The van der Waals surface area contributed by atoms with Crippen molar-refractivity contribution in [3.63, 3.8) is 0 Å². The van der Waals surface area contributed by atoms with Gasteiger partial charge in [0.25, 0.3) is 5.56 Å². The third-order valence-electron chi connectivity index (χ3n) is 3.66. The molecule has 3 aromatic heterocycles. The van der Waals surface area contributed by atoms with Crippen molar-refractivity contribution in [3.8, 4) is 22.6 Å². The van der Waals surface area contributed by atoms with Gasteiger partial charge in [0.05, 0.1) is 6.26 Å². The lowest BCUT2D eigenvalue weighted by atomic mass is 10.1. The number of rotatable bonds is 6. The minimum atomic E-state index is -0.883. The minimum Gasteiger partial charge on any atom is -0.481 e. The van der Waals surface area contributed by atoms with E-state index in [0.29, 0.717) is 35.5 Å². The smallest absolute Gasteiger partial charge is 0.303 e. The van der Waals surface area contributed by atoms with Crippen LogP contribution >= 0.6 is 0 Å². The lowest BCUT2D eigenvalue weighted by Gasteiger charge is -2.09. The fourth-order valence-corrected chi connectivity index (χ4v) is 2.47. The van der Waals surface area contributed by atoms with Gasteiger partial charge in [0, 0.05) is 37.0 Å². The average Bonchev–Trinajstić information content (AvgIpc) is 3.10. The molecule has 3 heterocycles. The fraction of sp³-hybridized carbons (Fsp3) is 0.176. The van der Waals surface area contributed by atoms with Gasteiger partial charge in [0.15, 0.2) is 5.76 Å². The Morgan fingerprint density at radius 3 is 2.88 bits per heavy atom. The van der Waals surface area contributed by atoms with Crippen LogP contribution in [0.2, 0.25) is 0 Å². The van der Waals surface area contributed by atoms with Gasteiger partial charge in [-0.2, -0.15) is 0 Å². The van der Waals surface area contributed by atoms with E-state index in [0.717, 1.165) is 0 Å². The second-order valence-electron chi connectivity index (χ2n) is 5.41. The summed E-state index contributed by atoms with van der Waals surface area (Å²) in [7, 11) is 0. The standard InChI is InChI=1S/C17H16N4O4/c18-17-19-10-12(16(20-17)13-3-2-8-25-13)11-5-7-21(14(22)9-11)6-1-4-15(23)24/h2-3,5,7-10H,1,4,6H2,(H,23,24)(H2,18,19,20). The maximum absolute atomic E-state index is 12.3. The number of carboxylic acid groups (broad SMARTS) is 1. The summed E-state index contributed by atoms with van der Waals surface area (Å²) in [5, 5.41) is 8.68. The molecule has 8 nitrogen and oxygen atoms in total. The molecule has 25 heavy (non-hydrogen) atoms. The monoisotopic (exact) mass is 340 g/mol. The molecular weight excluding hydrogens is 324 g/mol. The zero-order valence-electron chi connectivity index (χ0n) is 13.3. The predicted octanol–water partition coefficient (Wildman–Crippen LogP) is 2.01. The molecule has 0 unspecified atom stereocenters. The molecule has 0 saturated heterocycles. The largest absolute Gasteiger partial charge is 0.481 e. The van der Waals surface area contributed by atoms with Crippen LogP contribution in [0.25, 0.3) is 22.6 Å². The number of hydrogen-bond acceptors (Lipinski definition) is 6. The number of nitrogens with two attached hydrogens (primary N) is 1. The maximum atomic E-state index is 12.3. The molecule has 0 radical (unpaired) electrons. The third-order valence-corrected chi connectivity index (χ3v) is 3.66. The van der Waals surface area contributed by atoms with Crippen molar-refractivity contribution in [3.05, 3.63) is 53.3 Å². The van der Waals surface area contributed by atoms with E-state index in [1.54, 1.807) is 30.6 Å². The molecule has 0 atom stereocenters. The predicted molar refractivity (Wildman–Crippen MR) is 90.7 cm³/mol. The lowest BCUT2D eigenvalue weighted by molar-refractivity contribution is -0.137. The molecule has 3 N–H and O–H groups in total. The number of hydrogen-bond donors (Lipinski definition) is 2. The van der Waals surface area contributed by atoms with Gasteiger partial charge in [-0.15, -0.1) is 0 Å². The Kier molecular flexibility index (Phi) is 4.60. The van der Waals surface area contributed by atoms with Crippen molar-refractivity contribution < 1.29 is 14.3 Å². The van der Waals surface area contributed by atoms with Gasteiger partial charge in [0.2, 0.25) is 5.95 Å². The first-order chi connectivity index (χ1) is 12.0.